The van der Waals surface area contributed by atoms with Gasteiger partial charge in [-0.15, -0.1) is 11.3 Å². The highest BCUT2D eigenvalue weighted by molar-refractivity contribution is 7.26. The Morgan fingerprint density at radius 1 is 0.375 bits per heavy atom. The minimum atomic E-state index is 0.560. The summed E-state index contributed by atoms with van der Waals surface area (Å²) in [5, 5.41) is 3.18. The molecular weight excluding hydrogens is 707 g/mol. The molecule has 0 aliphatic rings. The molecule has 0 saturated heterocycles. The van der Waals surface area contributed by atoms with Gasteiger partial charge in [0.05, 0.1) is 21.5 Å². The molecule has 0 spiro atoms. The molecule has 11 aromatic rings. The monoisotopic (exact) mass is 735 g/mol. The third kappa shape index (κ3) is 5.52. The van der Waals surface area contributed by atoms with E-state index in [1.165, 1.54) is 4.70 Å². The first-order valence-corrected chi connectivity index (χ1v) is 19.2. The Bertz CT molecular complexity index is 3180. The zero-order valence-corrected chi connectivity index (χ0v) is 30.6. The van der Waals surface area contributed by atoms with E-state index < -0.39 is 0 Å². The van der Waals surface area contributed by atoms with E-state index in [0.29, 0.717) is 23.3 Å². The van der Waals surface area contributed by atoms with Crippen molar-refractivity contribution in [1.82, 2.24) is 24.9 Å². The van der Waals surface area contributed by atoms with Gasteiger partial charge in [-0.25, -0.2) is 24.9 Å². The first-order chi connectivity index (χ1) is 27.7. The summed E-state index contributed by atoms with van der Waals surface area (Å²) < 4.78 is 8.99. The van der Waals surface area contributed by atoms with E-state index in [2.05, 4.69) is 97.1 Å². The van der Waals surface area contributed by atoms with Crippen molar-refractivity contribution < 1.29 is 4.42 Å². The molecule has 0 atom stereocenters. The molecule has 7 heteroatoms. The minimum absolute atomic E-state index is 0.560. The van der Waals surface area contributed by atoms with Gasteiger partial charge in [-0.05, 0) is 35.4 Å². The van der Waals surface area contributed by atoms with Gasteiger partial charge in [-0.3, -0.25) is 0 Å². The van der Waals surface area contributed by atoms with Crippen LogP contribution in [0.1, 0.15) is 0 Å². The lowest BCUT2D eigenvalue weighted by Gasteiger charge is -2.08. The van der Waals surface area contributed by atoms with Crippen LogP contribution in [0, 0.1) is 0 Å². The van der Waals surface area contributed by atoms with E-state index in [1.807, 2.05) is 78.9 Å². The topological polar surface area (TPSA) is 77.6 Å². The number of fused-ring (bicyclic) bond motifs is 6. The first-order valence-electron chi connectivity index (χ1n) is 18.4. The standard InChI is InChI=1S/C49H29N5OS/c1-4-13-31(14-5-1)42-45-43(38-19-10-11-22-41(38)56-45)51-46(50-42)34-25-23-30(24-26-34)35-27-28-36-37-20-12-21-39(44(37)55-40(36)29-35)49-53-47(32-15-6-2-7-16-32)52-48(54-49)33-17-8-3-9-18-33/h1-29H. The zero-order valence-electron chi connectivity index (χ0n) is 29.8. The Labute approximate surface area is 325 Å². The van der Waals surface area contributed by atoms with Gasteiger partial charge in [0.2, 0.25) is 0 Å². The molecule has 4 heterocycles. The van der Waals surface area contributed by atoms with Crippen molar-refractivity contribution >= 4 is 53.6 Å². The second-order valence-corrected chi connectivity index (χ2v) is 14.7. The highest BCUT2D eigenvalue weighted by atomic mass is 32.1. The summed E-state index contributed by atoms with van der Waals surface area (Å²) in [6.07, 6.45) is 0. The number of aromatic nitrogens is 5. The number of furan rings is 1. The number of para-hydroxylation sites is 1. The number of rotatable bonds is 6. The Hall–Kier alpha value is -7.35. The average Bonchev–Trinajstić information content (AvgIpc) is 3.85. The fourth-order valence-corrected chi connectivity index (χ4v) is 8.56. The second-order valence-electron chi connectivity index (χ2n) is 13.6. The molecule has 0 bridgehead atoms. The van der Waals surface area contributed by atoms with Gasteiger partial charge >= 0.3 is 0 Å². The summed E-state index contributed by atoms with van der Waals surface area (Å²) in [6, 6.07) is 59.9. The predicted octanol–water partition coefficient (Wildman–Crippen LogP) is 12.9. The molecule has 0 N–H and O–H groups in total. The van der Waals surface area contributed by atoms with Crippen LogP contribution < -0.4 is 0 Å². The predicted molar refractivity (Wildman–Crippen MR) is 228 cm³/mol. The molecule has 56 heavy (non-hydrogen) atoms. The fraction of sp³-hybridized carbons (Fsp3) is 0. The Morgan fingerprint density at radius 2 is 0.929 bits per heavy atom. The van der Waals surface area contributed by atoms with Crippen LogP contribution in [0.3, 0.4) is 0 Å². The van der Waals surface area contributed by atoms with Crippen molar-refractivity contribution in [3.63, 3.8) is 0 Å². The Balaban J connectivity index is 0.986. The summed E-state index contributed by atoms with van der Waals surface area (Å²) in [5.41, 5.74) is 10.3. The number of benzene rings is 7. The van der Waals surface area contributed by atoms with Crippen LogP contribution in [0.5, 0.6) is 0 Å². The number of hydrogen-bond acceptors (Lipinski definition) is 7. The van der Waals surface area contributed by atoms with Crippen molar-refractivity contribution in [3.05, 3.63) is 176 Å². The van der Waals surface area contributed by atoms with Crippen LogP contribution in [-0.4, -0.2) is 24.9 Å². The van der Waals surface area contributed by atoms with Crippen LogP contribution in [0.4, 0.5) is 0 Å². The van der Waals surface area contributed by atoms with Crippen molar-refractivity contribution in [2.24, 2.45) is 0 Å². The van der Waals surface area contributed by atoms with Gasteiger partial charge < -0.3 is 4.42 Å². The normalized spacial score (nSPS) is 11.6. The van der Waals surface area contributed by atoms with Crippen LogP contribution in [0.25, 0.3) is 110 Å². The van der Waals surface area contributed by atoms with Crippen molar-refractivity contribution in [1.29, 1.82) is 0 Å². The molecule has 6 nitrogen and oxygen atoms in total. The molecule has 262 valence electrons. The molecule has 0 amide bonds. The van der Waals surface area contributed by atoms with Crippen molar-refractivity contribution in [3.8, 4) is 67.9 Å². The molecule has 4 aromatic heterocycles. The Kier molecular flexibility index (Phi) is 7.57. The maximum Gasteiger partial charge on any atom is 0.167 e. The molecule has 0 aliphatic heterocycles. The molecule has 0 radical (unpaired) electrons. The maximum absolute atomic E-state index is 6.69. The third-order valence-electron chi connectivity index (χ3n) is 10.2. The van der Waals surface area contributed by atoms with E-state index in [4.69, 9.17) is 29.3 Å². The number of thiophene rings is 1. The van der Waals surface area contributed by atoms with E-state index in [9.17, 15) is 0 Å². The van der Waals surface area contributed by atoms with E-state index in [0.717, 1.165) is 82.2 Å². The smallest absolute Gasteiger partial charge is 0.167 e. The van der Waals surface area contributed by atoms with Crippen LogP contribution in [0.15, 0.2) is 180 Å². The fourth-order valence-electron chi connectivity index (χ4n) is 7.41. The highest BCUT2D eigenvalue weighted by Gasteiger charge is 2.19. The van der Waals surface area contributed by atoms with Crippen LogP contribution >= 0.6 is 11.3 Å². The molecular formula is C49H29N5OS. The van der Waals surface area contributed by atoms with Crippen molar-refractivity contribution in [2.75, 3.05) is 0 Å². The quantitative estimate of drug-likeness (QED) is 0.169. The Morgan fingerprint density at radius 3 is 1.64 bits per heavy atom. The van der Waals surface area contributed by atoms with Gasteiger partial charge in [-0.2, -0.15) is 0 Å². The maximum atomic E-state index is 6.69. The summed E-state index contributed by atoms with van der Waals surface area (Å²) in [6.45, 7) is 0. The third-order valence-corrected chi connectivity index (χ3v) is 11.3. The van der Waals surface area contributed by atoms with Crippen molar-refractivity contribution in [2.45, 2.75) is 0 Å². The molecule has 0 fully saturated rings. The molecule has 7 aromatic carbocycles. The number of nitrogens with zero attached hydrogens (tertiary/aromatic N) is 5. The summed E-state index contributed by atoms with van der Waals surface area (Å²) in [5.74, 6) is 2.48. The molecule has 0 aliphatic carbocycles. The van der Waals surface area contributed by atoms with Gasteiger partial charge in [0.25, 0.3) is 0 Å². The van der Waals surface area contributed by atoms with Gasteiger partial charge in [-0.1, -0.05) is 152 Å². The summed E-state index contributed by atoms with van der Waals surface area (Å²) in [7, 11) is 0. The van der Waals surface area contributed by atoms with Gasteiger partial charge in [0, 0.05) is 43.1 Å². The highest BCUT2D eigenvalue weighted by Crippen LogP contribution is 2.40. The zero-order chi connectivity index (χ0) is 37.0. The SMILES string of the molecule is c1ccc(-c2nc(-c3ccccc3)nc(-c3cccc4c3oc3cc(-c5ccc(-c6nc(-c7ccccc7)c7sc8ccccc8c7n6)cc5)ccc34)n2)cc1. The molecule has 0 saturated carbocycles. The molecule has 0 unspecified atom stereocenters. The average molecular weight is 736 g/mol. The second kappa shape index (κ2) is 13.2. The van der Waals surface area contributed by atoms with E-state index >= 15 is 0 Å². The largest absolute Gasteiger partial charge is 0.455 e. The van der Waals surface area contributed by atoms with Gasteiger partial charge in [0.15, 0.2) is 23.3 Å². The lowest BCUT2D eigenvalue weighted by molar-refractivity contribution is 0.669. The van der Waals surface area contributed by atoms with Crippen LogP contribution in [0.2, 0.25) is 0 Å². The van der Waals surface area contributed by atoms with Gasteiger partial charge in [0.1, 0.15) is 11.2 Å². The van der Waals surface area contributed by atoms with E-state index in [1.54, 1.807) is 11.3 Å². The minimum Gasteiger partial charge on any atom is -0.455 e. The summed E-state index contributed by atoms with van der Waals surface area (Å²) in [4.78, 5) is 25.1. The summed E-state index contributed by atoms with van der Waals surface area (Å²) >= 11 is 1.74. The first kappa shape index (κ1) is 32.1. The lowest BCUT2D eigenvalue weighted by atomic mass is 10.0. The molecule has 11 rings (SSSR count). The number of hydrogen-bond donors (Lipinski definition) is 0. The van der Waals surface area contributed by atoms with Crippen LogP contribution in [-0.2, 0) is 0 Å². The van der Waals surface area contributed by atoms with E-state index in [-0.39, 0.29) is 0 Å². The lowest BCUT2D eigenvalue weighted by Crippen LogP contribution is -2.00.